The predicted octanol–water partition coefficient (Wildman–Crippen LogP) is 10.2. The summed E-state index contributed by atoms with van der Waals surface area (Å²) in [5, 5.41) is 1.31. The second-order valence-electron chi connectivity index (χ2n) is 13.4. The Labute approximate surface area is 290 Å². The zero-order chi connectivity index (χ0) is 33.6. The summed E-state index contributed by atoms with van der Waals surface area (Å²) in [6.45, 7) is 6.79. The van der Waals surface area contributed by atoms with E-state index in [0.29, 0.717) is 12.2 Å². The largest absolute Gasteiger partial charge is 0.0578 e. The van der Waals surface area contributed by atoms with E-state index >= 15 is 0 Å². The van der Waals surface area contributed by atoms with Gasteiger partial charge in [0.25, 0.3) is 0 Å². The Balaban J connectivity index is 1.17. The first-order valence-corrected chi connectivity index (χ1v) is 21.5. The molecule has 0 radical (unpaired) electrons. The number of allylic oxidation sites excluding steroid dienone is 1. The van der Waals surface area contributed by atoms with Crippen LogP contribution < -0.4 is 15.9 Å². The Morgan fingerprint density at radius 2 is 1.02 bits per heavy atom. The summed E-state index contributed by atoms with van der Waals surface area (Å²) in [7, 11) is 0. The second-order valence-corrected chi connectivity index (χ2v) is 22.5. The van der Waals surface area contributed by atoms with Crippen molar-refractivity contribution in [3.05, 3.63) is 139 Å². The number of ketones is 1. The maximum atomic E-state index is 12.4. The van der Waals surface area contributed by atoms with Crippen molar-refractivity contribution in [1.82, 2.24) is 0 Å². The van der Waals surface area contributed by atoms with E-state index in [0.717, 1.165) is 31.8 Å². The fraction of sp³-hybridized carbons (Fsp3) is 0.333. The van der Waals surface area contributed by atoms with Crippen molar-refractivity contribution in [2.75, 3.05) is 12.8 Å². The number of unbranched alkanes of at least 4 members (excludes halogenated alkanes) is 7. The third kappa shape index (κ3) is 9.62. The number of carbonyl (C=O) groups excluding carboxylic acids is 2. The second kappa shape index (κ2) is 17.2. The van der Waals surface area contributed by atoms with Gasteiger partial charge in [-0.05, 0) is 17.1 Å². The molecule has 0 fully saturated rings. The summed E-state index contributed by atoms with van der Waals surface area (Å²) in [5.74, 6) is -0.656. The normalized spacial score (nSPS) is 12.8. The van der Waals surface area contributed by atoms with Crippen LogP contribution in [0.1, 0.15) is 88.1 Å². The third-order valence-corrected chi connectivity index (χ3v) is 19.0. The van der Waals surface area contributed by atoms with E-state index in [9.17, 15) is 9.59 Å². The van der Waals surface area contributed by atoms with E-state index in [-0.39, 0.29) is 11.2 Å². The third-order valence-electron chi connectivity index (χ3n) is 9.01. The summed E-state index contributed by atoms with van der Waals surface area (Å²) in [6.07, 6.45) is 12.6. The molecule has 0 aliphatic carbocycles. The van der Waals surface area contributed by atoms with Crippen molar-refractivity contribution in [2.24, 2.45) is 0 Å². The van der Waals surface area contributed by atoms with Gasteiger partial charge in [0.2, 0.25) is 0 Å². The van der Waals surface area contributed by atoms with Crippen molar-refractivity contribution in [2.45, 2.75) is 77.6 Å². The molecule has 0 N–H and O–H groups in total. The summed E-state index contributed by atoms with van der Waals surface area (Å²) in [6, 6.07) is 40.6. The Morgan fingerprint density at radius 1 is 0.596 bits per heavy atom. The molecule has 4 aromatic rings. The van der Waals surface area contributed by atoms with Crippen molar-refractivity contribution < 1.29 is 14.3 Å². The first kappa shape index (κ1) is 36.5. The van der Waals surface area contributed by atoms with Crippen LogP contribution in [0.15, 0.2) is 127 Å². The number of rotatable bonds is 17. The van der Waals surface area contributed by atoms with Gasteiger partial charge in [-0.1, -0.05) is 45.0 Å². The van der Waals surface area contributed by atoms with Crippen LogP contribution >= 0.6 is 20.8 Å². The number of benzene rings is 4. The van der Waals surface area contributed by atoms with Gasteiger partial charge in [-0.25, -0.2) is 4.79 Å². The van der Waals surface area contributed by atoms with Gasteiger partial charge in [0.15, 0.2) is 5.78 Å². The molecule has 0 spiro atoms. The molecular formula is C42H50BrO3P. The minimum absolute atomic E-state index is 0.0293. The average Bonchev–Trinajstić information content (AvgIpc) is 3.10. The Bertz CT molecular complexity index is 1480. The molecule has 47 heavy (non-hydrogen) atoms. The van der Waals surface area contributed by atoms with Gasteiger partial charge in [-0.15, -0.1) is 0 Å². The fourth-order valence-corrected chi connectivity index (χ4v) is 14.0. The van der Waals surface area contributed by atoms with Gasteiger partial charge in [0, 0.05) is 11.6 Å². The van der Waals surface area contributed by atoms with E-state index in [1.54, 1.807) is 0 Å². The Kier molecular flexibility index (Phi) is 13.3. The van der Waals surface area contributed by atoms with Gasteiger partial charge >= 0.3 is 203 Å². The average molecular weight is 714 g/mol. The number of hydrogen-bond acceptors (Lipinski definition) is 3. The van der Waals surface area contributed by atoms with Gasteiger partial charge in [-0.2, -0.15) is 0 Å². The van der Waals surface area contributed by atoms with E-state index in [2.05, 4.69) is 127 Å². The van der Waals surface area contributed by atoms with E-state index in [4.69, 9.17) is 4.74 Å². The molecule has 0 heterocycles. The van der Waals surface area contributed by atoms with Crippen LogP contribution in [0.4, 0.5) is 0 Å². The molecule has 5 heteroatoms. The quantitative estimate of drug-likeness (QED) is 0.0360. The number of ether oxygens (including phenoxy) is 1. The molecular weight excluding hydrogens is 663 g/mol. The number of esters is 1. The van der Waals surface area contributed by atoms with E-state index < -0.39 is 11.3 Å². The van der Waals surface area contributed by atoms with Crippen LogP contribution in [-0.4, -0.2) is 24.5 Å². The summed E-state index contributed by atoms with van der Waals surface area (Å²) < 4.78 is 5.32. The van der Waals surface area contributed by atoms with Crippen LogP contribution in [0.5, 0.6) is 0 Å². The SMILES string of the molecule is CC(C)(C)c1ccc(C(=O)C=CC(=O)OCCCCCCCCCCP(Br)(c2ccccc2)(c2ccccc2)c2ccccc2)cc1. The van der Waals surface area contributed by atoms with Crippen molar-refractivity contribution >= 4 is 48.5 Å². The minimum atomic E-state index is -2.83. The van der Waals surface area contributed by atoms with Gasteiger partial charge in [-0.3, -0.25) is 4.79 Å². The smallest absolute Gasteiger partial charge is 0.0508 e. The Morgan fingerprint density at radius 3 is 1.47 bits per heavy atom. The minimum Gasteiger partial charge on any atom is -0.0578 e. The number of hydrogen-bond donors (Lipinski definition) is 0. The van der Waals surface area contributed by atoms with Crippen LogP contribution in [0.25, 0.3) is 0 Å². The molecule has 0 saturated heterocycles. The van der Waals surface area contributed by atoms with Crippen LogP contribution in [-0.2, 0) is 14.9 Å². The molecule has 0 unspecified atom stereocenters. The first-order chi connectivity index (χ1) is 22.6. The monoisotopic (exact) mass is 712 g/mol. The predicted molar refractivity (Wildman–Crippen MR) is 205 cm³/mol. The molecule has 0 atom stereocenters. The summed E-state index contributed by atoms with van der Waals surface area (Å²) in [5.41, 5.74) is 1.76. The Hall–Kier alpha value is -3.33. The van der Waals surface area contributed by atoms with Crippen molar-refractivity contribution in [1.29, 1.82) is 0 Å². The van der Waals surface area contributed by atoms with E-state index in [1.807, 2.05) is 24.3 Å². The van der Waals surface area contributed by atoms with Crippen molar-refractivity contribution in [3.8, 4) is 0 Å². The van der Waals surface area contributed by atoms with Crippen LogP contribution in [0, 0.1) is 0 Å². The van der Waals surface area contributed by atoms with Gasteiger partial charge in [0.1, 0.15) is 0 Å². The van der Waals surface area contributed by atoms with Crippen LogP contribution in [0.2, 0.25) is 0 Å². The topological polar surface area (TPSA) is 43.4 Å². The molecule has 0 saturated carbocycles. The van der Waals surface area contributed by atoms with Gasteiger partial charge in [0.05, 0.1) is 0 Å². The standard InChI is InChI=1S/C42H50BrO3P/c1-42(2,3)36-29-27-35(28-30-36)40(44)31-32-41(45)46-33-19-8-6-4-5-7-9-20-34-47(43,37-21-13-10-14-22-37,38-23-15-11-16-24-38)39-25-17-12-18-26-39/h10-18,21-32H,4-9,19-20,33-34H2,1-3H3. The maximum absolute atomic E-state index is 12.4. The molecule has 4 aromatic carbocycles. The fourth-order valence-electron chi connectivity index (χ4n) is 6.22. The summed E-state index contributed by atoms with van der Waals surface area (Å²) in [4.78, 5) is 24.5. The molecule has 0 bridgehead atoms. The molecule has 0 aliphatic rings. The van der Waals surface area contributed by atoms with Crippen molar-refractivity contribution in [3.63, 3.8) is 0 Å². The molecule has 3 nitrogen and oxygen atoms in total. The number of halogens is 1. The van der Waals surface area contributed by atoms with E-state index in [1.165, 1.54) is 59.3 Å². The summed E-state index contributed by atoms with van der Waals surface area (Å²) >= 11 is 4.56. The zero-order valence-corrected chi connectivity index (χ0v) is 30.7. The molecule has 0 aliphatic heterocycles. The number of carbonyl (C=O) groups is 2. The van der Waals surface area contributed by atoms with Gasteiger partial charge < -0.3 is 0 Å². The molecule has 0 amide bonds. The van der Waals surface area contributed by atoms with Crippen LogP contribution in [0.3, 0.4) is 0 Å². The molecule has 4 rings (SSSR count). The molecule has 248 valence electrons. The molecule has 0 aromatic heterocycles. The maximum Gasteiger partial charge on any atom is -0.0508 e. The first-order valence-electron chi connectivity index (χ1n) is 17.0. The zero-order valence-electron chi connectivity index (χ0n) is 28.2.